The van der Waals surface area contributed by atoms with Gasteiger partial charge in [0, 0.05) is 0 Å². The predicted octanol–water partition coefficient (Wildman–Crippen LogP) is 1.46. The minimum absolute atomic E-state index is 0.0927. The second kappa shape index (κ2) is 5.31. The lowest BCUT2D eigenvalue weighted by molar-refractivity contribution is 0.189. The van der Waals surface area contributed by atoms with Gasteiger partial charge < -0.3 is 15.5 Å². The van der Waals surface area contributed by atoms with Crippen molar-refractivity contribution in [3.63, 3.8) is 0 Å². The van der Waals surface area contributed by atoms with E-state index in [4.69, 9.17) is 10.2 Å². The van der Waals surface area contributed by atoms with Crippen LogP contribution in [0.3, 0.4) is 0 Å². The van der Waals surface area contributed by atoms with E-state index in [1.165, 1.54) is 12.1 Å². The second-order valence-electron chi connectivity index (χ2n) is 3.05. The van der Waals surface area contributed by atoms with Crippen molar-refractivity contribution in [3.05, 3.63) is 35.4 Å². The molecule has 1 rings (SSSR count). The van der Waals surface area contributed by atoms with Crippen molar-refractivity contribution in [2.24, 2.45) is 0 Å². The Bertz CT molecular complexity index is 326. The Kier molecular flexibility index (Phi) is 4.05. The van der Waals surface area contributed by atoms with Crippen LogP contribution in [0.2, 0.25) is 0 Å². The zero-order valence-electron chi connectivity index (χ0n) is 7.98. The molecule has 1 aromatic carbocycles. The molecule has 3 N–H and O–H groups in total. The van der Waals surface area contributed by atoms with Gasteiger partial charge in [0.1, 0.15) is 6.17 Å². The molecule has 82 valence electrons. The highest BCUT2D eigenvalue weighted by Gasteiger charge is 2.10. The fourth-order valence-corrected chi connectivity index (χ4v) is 1.13. The average Bonchev–Trinajstić information content (AvgIpc) is 2.26. The van der Waals surface area contributed by atoms with Crippen LogP contribution in [0, 0.1) is 0 Å². The number of rotatable bonds is 4. The zero-order valence-corrected chi connectivity index (χ0v) is 7.98. The Morgan fingerprint density at radius 1 is 1.40 bits per heavy atom. The van der Waals surface area contributed by atoms with Gasteiger partial charge in [-0.05, 0) is 11.1 Å². The van der Waals surface area contributed by atoms with Gasteiger partial charge in [0.15, 0.2) is 0 Å². The first kappa shape index (κ1) is 11.5. The highest BCUT2D eigenvalue weighted by atomic mass is 19.1. The largest absolute Gasteiger partial charge is 0.465 e. The number of hydrogen-bond acceptors (Lipinski definition) is 2. The van der Waals surface area contributed by atoms with Crippen LogP contribution >= 0.6 is 0 Å². The number of alkyl halides is 1. The first-order valence-corrected chi connectivity index (χ1v) is 4.44. The summed E-state index contributed by atoms with van der Waals surface area (Å²) in [5.74, 6) is 0. The Balaban J connectivity index is 2.57. The molecule has 0 aliphatic heterocycles. The van der Waals surface area contributed by atoms with Gasteiger partial charge in [-0.15, -0.1) is 0 Å². The predicted molar refractivity (Wildman–Crippen MR) is 52.2 cm³/mol. The molecule has 0 radical (unpaired) electrons. The molecule has 0 aliphatic rings. The summed E-state index contributed by atoms with van der Waals surface area (Å²) in [5.41, 5.74) is 1.08. The quantitative estimate of drug-likeness (QED) is 0.709. The number of halogens is 1. The van der Waals surface area contributed by atoms with Crippen LogP contribution in [0.5, 0.6) is 0 Å². The third-order valence-electron chi connectivity index (χ3n) is 1.96. The Morgan fingerprint density at radius 3 is 2.47 bits per heavy atom. The van der Waals surface area contributed by atoms with E-state index in [1.54, 1.807) is 12.1 Å². The van der Waals surface area contributed by atoms with E-state index in [0.717, 1.165) is 0 Å². The lowest BCUT2D eigenvalue weighted by atomic mass is 10.1. The van der Waals surface area contributed by atoms with Gasteiger partial charge in [-0.3, -0.25) is 0 Å². The highest BCUT2D eigenvalue weighted by Crippen LogP contribution is 2.16. The van der Waals surface area contributed by atoms with Crippen molar-refractivity contribution < 1.29 is 19.4 Å². The number of nitrogens with one attached hydrogen (secondary N) is 1. The number of hydrogen-bond donors (Lipinski definition) is 3. The SMILES string of the molecule is O=C(O)NCC(F)c1ccc(CO)cc1. The maximum atomic E-state index is 13.3. The van der Waals surface area contributed by atoms with Gasteiger partial charge in [-0.2, -0.15) is 0 Å². The minimum Gasteiger partial charge on any atom is -0.465 e. The van der Waals surface area contributed by atoms with E-state index < -0.39 is 12.3 Å². The number of amides is 1. The maximum Gasteiger partial charge on any atom is 0.404 e. The molecule has 1 atom stereocenters. The summed E-state index contributed by atoms with van der Waals surface area (Å²) < 4.78 is 13.3. The lowest BCUT2D eigenvalue weighted by Gasteiger charge is -2.08. The minimum atomic E-state index is -1.37. The Hall–Kier alpha value is -1.62. The van der Waals surface area contributed by atoms with E-state index in [0.29, 0.717) is 11.1 Å². The molecule has 0 spiro atoms. The van der Waals surface area contributed by atoms with Crippen molar-refractivity contribution in [3.8, 4) is 0 Å². The first-order chi connectivity index (χ1) is 7.13. The molecule has 1 aromatic rings. The lowest BCUT2D eigenvalue weighted by Crippen LogP contribution is -2.24. The average molecular weight is 213 g/mol. The van der Waals surface area contributed by atoms with E-state index in [9.17, 15) is 9.18 Å². The highest BCUT2D eigenvalue weighted by molar-refractivity contribution is 5.64. The molecular formula is C10H12FNO3. The molecule has 0 heterocycles. The maximum absolute atomic E-state index is 13.3. The number of carboxylic acid groups (broad SMARTS) is 1. The topological polar surface area (TPSA) is 69.6 Å². The van der Waals surface area contributed by atoms with Crippen LogP contribution < -0.4 is 5.32 Å². The molecule has 0 aliphatic carbocycles. The van der Waals surface area contributed by atoms with Crippen LogP contribution in [0.15, 0.2) is 24.3 Å². The summed E-state index contributed by atoms with van der Waals surface area (Å²) in [4.78, 5) is 10.1. The summed E-state index contributed by atoms with van der Waals surface area (Å²) in [7, 11) is 0. The van der Waals surface area contributed by atoms with Crippen LogP contribution in [0.4, 0.5) is 9.18 Å². The summed E-state index contributed by atoms with van der Waals surface area (Å²) in [5, 5.41) is 19.0. The number of aliphatic hydroxyl groups is 1. The summed E-state index contributed by atoms with van der Waals surface area (Å²) in [6, 6.07) is 6.25. The van der Waals surface area contributed by atoms with Crippen LogP contribution in [-0.4, -0.2) is 22.9 Å². The normalized spacial score (nSPS) is 12.1. The molecule has 0 aromatic heterocycles. The van der Waals surface area contributed by atoms with Crippen LogP contribution in [0.25, 0.3) is 0 Å². The third kappa shape index (κ3) is 3.55. The van der Waals surface area contributed by atoms with E-state index in [-0.39, 0.29) is 13.2 Å². The summed E-state index contributed by atoms with van der Waals surface area (Å²) >= 11 is 0. The van der Waals surface area contributed by atoms with Crippen molar-refractivity contribution in [2.45, 2.75) is 12.8 Å². The number of carbonyl (C=O) groups is 1. The third-order valence-corrected chi connectivity index (χ3v) is 1.96. The molecule has 5 heteroatoms. The summed E-state index contributed by atoms with van der Waals surface area (Å²) in [6.45, 7) is -0.363. The van der Waals surface area contributed by atoms with Gasteiger partial charge in [0.2, 0.25) is 0 Å². The van der Waals surface area contributed by atoms with E-state index >= 15 is 0 Å². The van der Waals surface area contributed by atoms with Crippen molar-refractivity contribution >= 4 is 6.09 Å². The van der Waals surface area contributed by atoms with E-state index in [2.05, 4.69) is 0 Å². The van der Waals surface area contributed by atoms with Crippen LogP contribution in [0.1, 0.15) is 17.3 Å². The molecule has 15 heavy (non-hydrogen) atoms. The first-order valence-electron chi connectivity index (χ1n) is 4.44. The number of aliphatic hydroxyl groups excluding tert-OH is 1. The van der Waals surface area contributed by atoms with Crippen molar-refractivity contribution in [1.82, 2.24) is 5.32 Å². The van der Waals surface area contributed by atoms with Gasteiger partial charge in [0.25, 0.3) is 0 Å². The molecule has 0 fully saturated rings. The van der Waals surface area contributed by atoms with Crippen molar-refractivity contribution in [1.29, 1.82) is 0 Å². The molecule has 1 amide bonds. The number of benzene rings is 1. The molecule has 0 saturated carbocycles. The smallest absolute Gasteiger partial charge is 0.404 e. The fraction of sp³-hybridized carbons (Fsp3) is 0.300. The van der Waals surface area contributed by atoms with Gasteiger partial charge in [0.05, 0.1) is 13.2 Å². The fourth-order valence-electron chi connectivity index (χ4n) is 1.13. The molecule has 0 bridgehead atoms. The monoisotopic (exact) mass is 213 g/mol. The summed E-state index contributed by atoms with van der Waals surface area (Å²) in [6.07, 6.45) is -2.61. The zero-order chi connectivity index (χ0) is 11.3. The molecule has 0 saturated heterocycles. The second-order valence-corrected chi connectivity index (χ2v) is 3.05. The van der Waals surface area contributed by atoms with Crippen LogP contribution in [-0.2, 0) is 6.61 Å². The standard InChI is InChI=1S/C10H12FNO3/c11-9(5-12-10(14)15)8-3-1-7(6-13)2-4-8/h1-4,9,12-13H,5-6H2,(H,14,15). The Morgan fingerprint density at radius 2 is 2.00 bits per heavy atom. The van der Waals surface area contributed by atoms with Gasteiger partial charge >= 0.3 is 6.09 Å². The van der Waals surface area contributed by atoms with Gasteiger partial charge in [-0.25, -0.2) is 9.18 Å². The molecule has 4 nitrogen and oxygen atoms in total. The van der Waals surface area contributed by atoms with Gasteiger partial charge in [-0.1, -0.05) is 24.3 Å². The van der Waals surface area contributed by atoms with E-state index in [1.807, 2.05) is 5.32 Å². The van der Waals surface area contributed by atoms with Crippen molar-refractivity contribution in [2.75, 3.05) is 6.54 Å². The molecule has 1 unspecified atom stereocenters. The Labute approximate surface area is 86.4 Å². The molecular weight excluding hydrogens is 201 g/mol.